The van der Waals surface area contributed by atoms with Crippen LogP contribution >= 0.6 is 0 Å². The van der Waals surface area contributed by atoms with Crippen LogP contribution < -0.4 is 10.2 Å². The number of hydrogen-bond donors (Lipinski definition) is 1. The van der Waals surface area contributed by atoms with E-state index in [1.807, 2.05) is 12.1 Å². The fourth-order valence-corrected chi connectivity index (χ4v) is 3.73. The number of rotatable bonds is 3. The van der Waals surface area contributed by atoms with Crippen LogP contribution in [0.15, 0.2) is 18.2 Å². The van der Waals surface area contributed by atoms with Gasteiger partial charge in [0.15, 0.2) is 0 Å². The Morgan fingerprint density at radius 3 is 2.57 bits per heavy atom. The molecule has 0 bridgehead atoms. The normalized spacial score (nSPS) is 18.4. The molecule has 0 aromatic heterocycles. The minimum Gasteiger partial charge on any atom is -0.372 e. The second-order valence-electron chi connectivity index (χ2n) is 8.25. The molecule has 28 heavy (non-hydrogen) atoms. The molecule has 0 radical (unpaired) electrons. The van der Waals surface area contributed by atoms with Crippen molar-refractivity contribution in [3.05, 3.63) is 29.3 Å². The zero-order valence-corrected chi connectivity index (χ0v) is 16.7. The van der Waals surface area contributed by atoms with Crippen molar-refractivity contribution in [2.75, 3.05) is 18.0 Å². The quantitative estimate of drug-likeness (QED) is 0.772. The maximum atomic E-state index is 13.2. The van der Waals surface area contributed by atoms with E-state index in [2.05, 4.69) is 35.0 Å². The summed E-state index contributed by atoms with van der Waals surface area (Å²) in [6, 6.07) is 6.01. The molecule has 0 spiro atoms. The maximum absolute atomic E-state index is 13.2. The van der Waals surface area contributed by atoms with Crippen molar-refractivity contribution >= 4 is 11.6 Å². The standard InChI is InChI=1S/C22H27F3N2O/c1-4-27-15-6-5-9-17-16(8-7-10-18(17)27)11-12-20(2,3)26-19(28)21(13-14-21)22(23,24)25/h7-8,10H,4-6,9,13-15H2,1-3H3,(H,26,28). The molecule has 0 unspecified atom stereocenters. The van der Waals surface area contributed by atoms with Gasteiger partial charge in [-0.05, 0) is 70.6 Å². The van der Waals surface area contributed by atoms with Crippen molar-refractivity contribution in [2.45, 2.75) is 64.6 Å². The van der Waals surface area contributed by atoms with Gasteiger partial charge in [-0.3, -0.25) is 4.79 Å². The number of alkyl halides is 3. The number of fused-ring (bicyclic) bond motifs is 1. The van der Waals surface area contributed by atoms with E-state index in [4.69, 9.17) is 0 Å². The average Bonchev–Trinajstić information content (AvgIpc) is 3.43. The van der Waals surface area contributed by atoms with Gasteiger partial charge < -0.3 is 10.2 Å². The van der Waals surface area contributed by atoms with Gasteiger partial charge in [-0.2, -0.15) is 13.2 Å². The van der Waals surface area contributed by atoms with Crippen molar-refractivity contribution in [1.82, 2.24) is 5.32 Å². The molecule has 2 aliphatic rings. The third-order valence-electron chi connectivity index (χ3n) is 5.64. The van der Waals surface area contributed by atoms with Crippen LogP contribution in [0.3, 0.4) is 0 Å². The lowest BCUT2D eigenvalue weighted by molar-refractivity contribution is -0.192. The minimum atomic E-state index is -4.51. The van der Waals surface area contributed by atoms with Gasteiger partial charge >= 0.3 is 6.18 Å². The fourth-order valence-electron chi connectivity index (χ4n) is 3.73. The van der Waals surface area contributed by atoms with E-state index >= 15 is 0 Å². The molecular formula is C22H27F3N2O. The summed E-state index contributed by atoms with van der Waals surface area (Å²) in [4.78, 5) is 14.6. The third kappa shape index (κ3) is 3.99. The molecular weight excluding hydrogens is 365 g/mol. The molecule has 1 fully saturated rings. The van der Waals surface area contributed by atoms with Crippen LogP contribution in [0.25, 0.3) is 0 Å². The molecule has 0 atom stereocenters. The highest BCUT2D eigenvalue weighted by Crippen LogP contribution is 2.57. The Balaban J connectivity index is 1.82. The first-order chi connectivity index (χ1) is 13.1. The van der Waals surface area contributed by atoms with Crippen molar-refractivity contribution in [3.8, 4) is 11.8 Å². The highest BCUT2D eigenvalue weighted by molar-refractivity contribution is 5.87. The number of hydrogen-bond acceptors (Lipinski definition) is 2. The molecule has 1 aliphatic heterocycles. The van der Waals surface area contributed by atoms with Gasteiger partial charge in [0.05, 0.1) is 5.54 Å². The topological polar surface area (TPSA) is 32.3 Å². The maximum Gasteiger partial charge on any atom is 0.403 e. The van der Waals surface area contributed by atoms with Crippen LogP contribution in [0, 0.1) is 17.3 Å². The second kappa shape index (κ2) is 7.35. The Labute approximate surface area is 164 Å². The van der Waals surface area contributed by atoms with E-state index in [1.54, 1.807) is 13.8 Å². The van der Waals surface area contributed by atoms with Gasteiger partial charge in [-0.15, -0.1) is 0 Å². The summed E-state index contributed by atoms with van der Waals surface area (Å²) >= 11 is 0. The Hall–Kier alpha value is -2.16. The minimum absolute atomic E-state index is 0.148. The van der Waals surface area contributed by atoms with E-state index in [1.165, 1.54) is 11.3 Å². The molecule has 3 rings (SSSR count). The molecule has 1 aliphatic carbocycles. The molecule has 152 valence electrons. The fraction of sp³-hybridized carbons (Fsp3) is 0.591. The molecule has 6 heteroatoms. The van der Waals surface area contributed by atoms with Crippen LogP contribution in [0.2, 0.25) is 0 Å². The number of halogens is 3. The number of nitrogens with one attached hydrogen (secondary N) is 1. The van der Waals surface area contributed by atoms with Crippen LogP contribution in [0.1, 0.15) is 57.6 Å². The van der Waals surface area contributed by atoms with Crippen LogP contribution in [0.4, 0.5) is 18.9 Å². The Morgan fingerprint density at radius 1 is 1.25 bits per heavy atom. The molecule has 1 saturated carbocycles. The Kier molecular flexibility index (Phi) is 5.40. The lowest BCUT2D eigenvalue weighted by Crippen LogP contribution is -2.49. The van der Waals surface area contributed by atoms with Gasteiger partial charge in [0.2, 0.25) is 5.91 Å². The van der Waals surface area contributed by atoms with Gasteiger partial charge in [0, 0.05) is 24.3 Å². The molecule has 1 aromatic carbocycles. The summed E-state index contributed by atoms with van der Waals surface area (Å²) in [5.74, 6) is 5.15. The van der Waals surface area contributed by atoms with Crippen molar-refractivity contribution in [1.29, 1.82) is 0 Å². The molecule has 0 saturated heterocycles. The zero-order chi connectivity index (χ0) is 20.6. The summed E-state index contributed by atoms with van der Waals surface area (Å²) in [7, 11) is 0. The second-order valence-corrected chi connectivity index (χ2v) is 8.25. The van der Waals surface area contributed by atoms with E-state index in [0.717, 1.165) is 37.9 Å². The molecule has 1 N–H and O–H groups in total. The number of benzene rings is 1. The SMILES string of the molecule is CCN1CCCCc2c(C#CC(C)(C)NC(=O)C3(C(F)(F)F)CC3)cccc21. The van der Waals surface area contributed by atoms with Crippen molar-refractivity contribution < 1.29 is 18.0 Å². The molecule has 3 nitrogen and oxygen atoms in total. The van der Waals surface area contributed by atoms with Crippen LogP contribution in [-0.2, 0) is 11.2 Å². The summed E-state index contributed by atoms with van der Waals surface area (Å²) in [5.41, 5.74) is -0.0158. The largest absolute Gasteiger partial charge is 0.403 e. The van der Waals surface area contributed by atoms with Crippen LogP contribution in [-0.4, -0.2) is 30.7 Å². The number of carbonyl (C=O) groups is 1. The predicted molar refractivity (Wildman–Crippen MR) is 104 cm³/mol. The number of carbonyl (C=O) groups excluding carboxylic acids is 1. The molecule has 1 amide bonds. The number of anilines is 1. The third-order valence-corrected chi connectivity index (χ3v) is 5.64. The van der Waals surface area contributed by atoms with Gasteiger partial charge in [-0.1, -0.05) is 17.9 Å². The van der Waals surface area contributed by atoms with Crippen molar-refractivity contribution in [3.63, 3.8) is 0 Å². The number of nitrogens with zero attached hydrogens (tertiary/aromatic N) is 1. The van der Waals surface area contributed by atoms with Gasteiger partial charge in [-0.25, -0.2) is 0 Å². The average molecular weight is 392 g/mol. The predicted octanol–water partition coefficient (Wildman–Crippen LogP) is 4.44. The summed E-state index contributed by atoms with van der Waals surface area (Å²) < 4.78 is 39.5. The Bertz CT molecular complexity index is 813. The lowest BCUT2D eigenvalue weighted by atomic mass is 9.98. The molecule has 1 aromatic rings. The van der Waals surface area contributed by atoms with E-state index < -0.39 is 23.0 Å². The summed E-state index contributed by atoms with van der Waals surface area (Å²) in [6.07, 6.45) is -1.68. The van der Waals surface area contributed by atoms with Gasteiger partial charge in [0.1, 0.15) is 5.41 Å². The smallest absolute Gasteiger partial charge is 0.372 e. The van der Waals surface area contributed by atoms with E-state index in [9.17, 15) is 18.0 Å². The highest BCUT2D eigenvalue weighted by atomic mass is 19.4. The van der Waals surface area contributed by atoms with Crippen molar-refractivity contribution in [2.24, 2.45) is 5.41 Å². The first-order valence-corrected chi connectivity index (χ1v) is 9.89. The molecule has 1 heterocycles. The number of amides is 1. The lowest BCUT2D eigenvalue weighted by Gasteiger charge is -2.25. The van der Waals surface area contributed by atoms with E-state index in [0.29, 0.717) is 0 Å². The first kappa shape index (κ1) is 20.6. The highest BCUT2D eigenvalue weighted by Gasteiger charge is 2.68. The van der Waals surface area contributed by atoms with E-state index in [-0.39, 0.29) is 12.8 Å². The summed E-state index contributed by atoms with van der Waals surface area (Å²) in [5, 5.41) is 2.51. The van der Waals surface area contributed by atoms with Crippen LogP contribution in [0.5, 0.6) is 0 Å². The van der Waals surface area contributed by atoms with Gasteiger partial charge in [0.25, 0.3) is 0 Å². The summed E-state index contributed by atoms with van der Waals surface area (Å²) in [6.45, 7) is 7.35. The monoisotopic (exact) mass is 392 g/mol. The first-order valence-electron chi connectivity index (χ1n) is 9.89. The zero-order valence-electron chi connectivity index (χ0n) is 16.7. The Morgan fingerprint density at radius 2 is 1.96 bits per heavy atom.